The molecule has 24 heavy (non-hydrogen) atoms. The van der Waals surface area contributed by atoms with E-state index >= 15 is 0 Å². The highest BCUT2D eigenvalue weighted by Crippen LogP contribution is 2.34. The Balaban J connectivity index is 0.00000288. The van der Waals surface area contributed by atoms with Gasteiger partial charge in [0.2, 0.25) is 0 Å². The lowest BCUT2D eigenvalue weighted by Crippen LogP contribution is -2.56. The van der Waals surface area contributed by atoms with Gasteiger partial charge in [-0.25, -0.2) is 0 Å². The van der Waals surface area contributed by atoms with Crippen LogP contribution >= 0.6 is 35.7 Å². The Bertz CT molecular complexity index is 358. The van der Waals surface area contributed by atoms with Crippen molar-refractivity contribution in [2.24, 2.45) is 4.99 Å². The summed E-state index contributed by atoms with van der Waals surface area (Å²) in [6.07, 6.45) is 8.75. The third-order valence-electron chi connectivity index (χ3n) is 4.94. The standard InChI is InChI=1S/C17H34N4OS.HI/c1-3-18-16(19-9-14-23-2)20-15-17(7-5-4-6-8-17)21-10-12-22-13-11-21;/h3-15H2,1-2H3,(H2,18,19,20);1H. The van der Waals surface area contributed by atoms with Crippen molar-refractivity contribution >= 4 is 41.7 Å². The number of hydrogen-bond acceptors (Lipinski definition) is 4. The molecule has 0 aromatic rings. The Morgan fingerprint density at radius 1 is 1.17 bits per heavy atom. The number of halogens is 1. The third-order valence-corrected chi connectivity index (χ3v) is 5.55. The quantitative estimate of drug-likeness (QED) is 0.259. The van der Waals surface area contributed by atoms with Gasteiger partial charge in [0.25, 0.3) is 0 Å². The molecule has 0 aromatic carbocycles. The largest absolute Gasteiger partial charge is 0.379 e. The van der Waals surface area contributed by atoms with E-state index in [0.717, 1.165) is 57.6 Å². The highest BCUT2D eigenvalue weighted by molar-refractivity contribution is 14.0. The Kier molecular flexibility index (Phi) is 11.7. The molecule has 0 bridgehead atoms. The molecule has 2 N–H and O–H groups in total. The minimum atomic E-state index is 0. The number of rotatable bonds is 7. The van der Waals surface area contributed by atoms with Crippen LogP contribution < -0.4 is 10.6 Å². The van der Waals surface area contributed by atoms with Gasteiger partial charge >= 0.3 is 0 Å². The normalized spacial score (nSPS) is 21.8. The second-order valence-electron chi connectivity index (χ2n) is 6.50. The first-order chi connectivity index (χ1) is 11.3. The number of nitrogens with one attached hydrogen (secondary N) is 2. The van der Waals surface area contributed by atoms with Gasteiger partial charge in [-0.05, 0) is 26.0 Å². The molecule has 2 rings (SSSR count). The van der Waals surface area contributed by atoms with Crippen LogP contribution in [-0.4, -0.2) is 74.3 Å². The van der Waals surface area contributed by atoms with Crippen LogP contribution in [0.5, 0.6) is 0 Å². The number of nitrogens with zero attached hydrogens (tertiary/aromatic N) is 2. The van der Waals surface area contributed by atoms with Crippen LogP contribution in [0, 0.1) is 0 Å². The van der Waals surface area contributed by atoms with Crippen LogP contribution in [0.3, 0.4) is 0 Å². The monoisotopic (exact) mass is 470 g/mol. The van der Waals surface area contributed by atoms with Crippen molar-refractivity contribution in [1.82, 2.24) is 15.5 Å². The van der Waals surface area contributed by atoms with Gasteiger partial charge in [-0.15, -0.1) is 24.0 Å². The average molecular weight is 470 g/mol. The minimum absolute atomic E-state index is 0. The van der Waals surface area contributed by atoms with Crippen LogP contribution in [0.1, 0.15) is 39.0 Å². The first kappa shape index (κ1) is 22.3. The van der Waals surface area contributed by atoms with Crippen LogP contribution in [0.2, 0.25) is 0 Å². The van der Waals surface area contributed by atoms with Gasteiger partial charge in [0, 0.05) is 37.5 Å². The lowest BCUT2D eigenvalue weighted by molar-refractivity contribution is -0.0333. The molecule has 1 aliphatic heterocycles. The maximum absolute atomic E-state index is 5.56. The lowest BCUT2D eigenvalue weighted by Gasteiger charge is -2.47. The summed E-state index contributed by atoms with van der Waals surface area (Å²) in [5.41, 5.74) is 0.254. The first-order valence-corrected chi connectivity index (χ1v) is 10.5. The average Bonchev–Trinajstić information content (AvgIpc) is 2.61. The molecule has 1 saturated heterocycles. The maximum atomic E-state index is 5.56. The molecule has 0 radical (unpaired) electrons. The molecular weight excluding hydrogens is 435 g/mol. The van der Waals surface area contributed by atoms with E-state index in [1.807, 2.05) is 11.8 Å². The predicted octanol–water partition coefficient (Wildman–Crippen LogP) is 2.56. The Morgan fingerprint density at radius 2 is 1.88 bits per heavy atom. The van der Waals surface area contributed by atoms with E-state index in [-0.39, 0.29) is 29.5 Å². The molecule has 1 aliphatic carbocycles. The second kappa shape index (κ2) is 12.6. The summed E-state index contributed by atoms with van der Waals surface area (Å²) in [6, 6.07) is 0. The molecule has 0 unspecified atom stereocenters. The third kappa shape index (κ3) is 6.88. The molecule has 142 valence electrons. The zero-order valence-electron chi connectivity index (χ0n) is 15.3. The van der Waals surface area contributed by atoms with Crippen molar-refractivity contribution in [1.29, 1.82) is 0 Å². The Labute approximate surface area is 169 Å². The van der Waals surface area contributed by atoms with E-state index in [2.05, 4.69) is 28.7 Å². The smallest absolute Gasteiger partial charge is 0.191 e. The summed E-state index contributed by atoms with van der Waals surface area (Å²) in [7, 11) is 0. The molecule has 2 fully saturated rings. The number of ether oxygens (including phenoxy) is 1. The molecule has 2 aliphatic rings. The summed E-state index contributed by atoms with van der Waals surface area (Å²) >= 11 is 1.86. The van der Waals surface area contributed by atoms with E-state index in [0.29, 0.717) is 0 Å². The molecular formula is C17H35IN4OS. The zero-order valence-corrected chi connectivity index (χ0v) is 18.5. The summed E-state index contributed by atoms with van der Waals surface area (Å²) in [4.78, 5) is 7.62. The fourth-order valence-electron chi connectivity index (χ4n) is 3.66. The summed E-state index contributed by atoms with van der Waals surface area (Å²) in [6.45, 7) is 8.78. The maximum Gasteiger partial charge on any atom is 0.191 e. The van der Waals surface area contributed by atoms with Crippen molar-refractivity contribution in [3.63, 3.8) is 0 Å². The van der Waals surface area contributed by atoms with Gasteiger partial charge in [-0.2, -0.15) is 11.8 Å². The van der Waals surface area contributed by atoms with E-state index < -0.39 is 0 Å². The van der Waals surface area contributed by atoms with Gasteiger partial charge in [0.1, 0.15) is 0 Å². The molecule has 0 atom stereocenters. The van der Waals surface area contributed by atoms with Gasteiger partial charge < -0.3 is 15.4 Å². The first-order valence-electron chi connectivity index (χ1n) is 9.15. The van der Waals surface area contributed by atoms with Crippen molar-refractivity contribution in [3.05, 3.63) is 0 Å². The van der Waals surface area contributed by atoms with Crippen molar-refractivity contribution in [2.45, 2.75) is 44.6 Å². The Hall–Kier alpha value is 0.270. The van der Waals surface area contributed by atoms with Crippen LogP contribution in [0.4, 0.5) is 0 Å². The molecule has 0 amide bonds. The molecule has 0 spiro atoms. The molecule has 1 saturated carbocycles. The van der Waals surface area contributed by atoms with Crippen LogP contribution in [0.15, 0.2) is 4.99 Å². The fraction of sp³-hybridized carbons (Fsp3) is 0.941. The van der Waals surface area contributed by atoms with E-state index in [1.165, 1.54) is 32.1 Å². The number of aliphatic imine (C=N–C) groups is 1. The topological polar surface area (TPSA) is 48.9 Å². The SMILES string of the molecule is CCNC(=NCC1(N2CCOCC2)CCCCC1)NCCSC.I. The summed E-state index contributed by atoms with van der Waals surface area (Å²) in [5, 5.41) is 6.84. The summed E-state index contributed by atoms with van der Waals surface area (Å²) < 4.78 is 5.56. The highest BCUT2D eigenvalue weighted by Gasteiger charge is 2.38. The van der Waals surface area contributed by atoms with Crippen molar-refractivity contribution in [3.8, 4) is 0 Å². The van der Waals surface area contributed by atoms with E-state index in [9.17, 15) is 0 Å². The summed E-state index contributed by atoms with van der Waals surface area (Å²) in [5.74, 6) is 2.08. The minimum Gasteiger partial charge on any atom is -0.379 e. The molecule has 5 nitrogen and oxygen atoms in total. The van der Waals surface area contributed by atoms with Gasteiger partial charge in [-0.1, -0.05) is 19.3 Å². The van der Waals surface area contributed by atoms with Gasteiger partial charge in [0.15, 0.2) is 5.96 Å². The van der Waals surface area contributed by atoms with E-state index in [1.54, 1.807) is 0 Å². The molecule has 0 aromatic heterocycles. The van der Waals surface area contributed by atoms with Gasteiger partial charge in [0.05, 0.1) is 19.8 Å². The fourth-order valence-corrected chi connectivity index (χ4v) is 3.97. The van der Waals surface area contributed by atoms with Crippen LogP contribution in [0.25, 0.3) is 0 Å². The van der Waals surface area contributed by atoms with Crippen molar-refractivity contribution in [2.75, 3.05) is 57.9 Å². The van der Waals surface area contributed by atoms with Crippen molar-refractivity contribution < 1.29 is 4.74 Å². The molecule has 1 heterocycles. The molecule has 7 heteroatoms. The van der Waals surface area contributed by atoms with E-state index in [4.69, 9.17) is 9.73 Å². The highest BCUT2D eigenvalue weighted by atomic mass is 127. The number of morpholine rings is 1. The number of thioether (sulfide) groups is 1. The number of hydrogen-bond donors (Lipinski definition) is 2. The Morgan fingerprint density at radius 3 is 2.50 bits per heavy atom. The number of guanidine groups is 1. The van der Waals surface area contributed by atoms with Crippen LogP contribution in [-0.2, 0) is 4.74 Å². The zero-order chi connectivity index (χ0) is 16.4. The second-order valence-corrected chi connectivity index (χ2v) is 7.48. The van der Waals surface area contributed by atoms with Gasteiger partial charge in [-0.3, -0.25) is 9.89 Å². The lowest BCUT2D eigenvalue weighted by atomic mass is 9.80. The predicted molar refractivity (Wildman–Crippen MR) is 116 cm³/mol.